The standard InChI is InChI=1S/C45H35BN4/c1-45(2)49(35-24-13-6-14-25-35)42-31-36(47(32-18-7-3-8-19-32)33-20-9-4-10-21-33)30-38-44(42)50(45)41-29-17-28-40-43(41)46(38)37-26-15-16-27-39(37)48(40)34-22-11-5-12-23-34/h3-31H,1-2H3. The third-order valence-electron chi connectivity index (χ3n) is 10.6. The summed E-state index contributed by atoms with van der Waals surface area (Å²) in [6, 6.07) is 64.0. The SMILES string of the molecule is CC1(C)N(c2ccccc2)c2cc(N(c3ccccc3)c3ccccc3)cc3c2N1c1cccc2c1B3c1ccccc1N2c1ccccc1. The molecule has 3 aliphatic rings. The lowest BCUT2D eigenvalue weighted by atomic mass is 9.33. The van der Waals surface area contributed by atoms with E-state index in [0.717, 1.165) is 22.7 Å². The molecule has 0 fully saturated rings. The number of rotatable bonds is 5. The number of hydrogen-bond donors (Lipinski definition) is 0. The fraction of sp³-hybridized carbons (Fsp3) is 0.0667. The number of anilines is 10. The van der Waals surface area contributed by atoms with Gasteiger partial charge in [0.05, 0.1) is 11.4 Å². The molecule has 3 heterocycles. The number of fused-ring (bicyclic) bond motifs is 4. The molecule has 0 amide bonds. The highest BCUT2D eigenvalue weighted by atomic mass is 15.5. The molecule has 0 bridgehead atoms. The van der Waals surface area contributed by atoms with Gasteiger partial charge in [0.15, 0.2) is 0 Å². The largest absolute Gasteiger partial charge is 0.317 e. The second-order valence-corrected chi connectivity index (χ2v) is 13.8. The molecule has 0 aromatic heterocycles. The Hall–Kier alpha value is -6.20. The van der Waals surface area contributed by atoms with Crippen LogP contribution in [0.5, 0.6) is 0 Å². The summed E-state index contributed by atoms with van der Waals surface area (Å²) in [4.78, 5) is 10.0. The van der Waals surface area contributed by atoms with Crippen LogP contribution < -0.4 is 36.0 Å². The van der Waals surface area contributed by atoms with E-state index in [9.17, 15) is 0 Å². The van der Waals surface area contributed by atoms with Crippen molar-refractivity contribution in [2.45, 2.75) is 19.5 Å². The molecule has 3 aliphatic heterocycles. The topological polar surface area (TPSA) is 13.0 Å². The van der Waals surface area contributed by atoms with E-state index in [1.165, 1.54) is 50.5 Å². The van der Waals surface area contributed by atoms with Gasteiger partial charge in [-0.25, -0.2) is 0 Å². The number of benzene rings is 7. The highest BCUT2D eigenvalue weighted by Crippen LogP contribution is 2.56. The molecule has 50 heavy (non-hydrogen) atoms. The van der Waals surface area contributed by atoms with Gasteiger partial charge in [-0.05, 0) is 109 Å². The van der Waals surface area contributed by atoms with Gasteiger partial charge in [0.1, 0.15) is 5.66 Å². The van der Waals surface area contributed by atoms with Gasteiger partial charge < -0.3 is 19.6 Å². The van der Waals surface area contributed by atoms with E-state index in [1.807, 2.05) is 0 Å². The summed E-state index contributed by atoms with van der Waals surface area (Å²) in [6.45, 7) is 4.77. The van der Waals surface area contributed by atoms with E-state index in [1.54, 1.807) is 0 Å². The van der Waals surface area contributed by atoms with Crippen LogP contribution in [0.3, 0.4) is 0 Å². The smallest absolute Gasteiger partial charge is 0.252 e. The zero-order valence-electron chi connectivity index (χ0n) is 28.1. The maximum Gasteiger partial charge on any atom is 0.252 e. The van der Waals surface area contributed by atoms with Crippen molar-refractivity contribution in [1.82, 2.24) is 0 Å². The quantitative estimate of drug-likeness (QED) is 0.173. The Morgan fingerprint density at radius 3 is 1.64 bits per heavy atom. The molecule has 0 spiro atoms. The van der Waals surface area contributed by atoms with Crippen LogP contribution in [-0.2, 0) is 0 Å². The highest BCUT2D eigenvalue weighted by Gasteiger charge is 2.53. The molecular weight excluding hydrogens is 607 g/mol. The molecule has 0 N–H and O–H groups in total. The Kier molecular flexibility index (Phi) is 6.28. The summed E-state index contributed by atoms with van der Waals surface area (Å²) in [5.41, 5.74) is 15.5. The van der Waals surface area contributed by atoms with Crippen LogP contribution in [0.4, 0.5) is 56.9 Å². The predicted octanol–water partition coefficient (Wildman–Crippen LogP) is 9.80. The van der Waals surface area contributed by atoms with Crippen LogP contribution in [-0.4, -0.2) is 12.4 Å². The van der Waals surface area contributed by atoms with Crippen LogP contribution in [0.15, 0.2) is 176 Å². The van der Waals surface area contributed by atoms with Crippen LogP contribution >= 0.6 is 0 Å². The molecular formula is C45H35BN4. The molecule has 7 aromatic rings. The van der Waals surface area contributed by atoms with Crippen molar-refractivity contribution in [3.63, 3.8) is 0 Å². The van der Waals surface area contributed by atoms with Crippen molar-refractivity contribution < 1.29 is 0 Å². The van der Waals surface area contributed by atoms with Gasteiger partial charge in [0.2, 0.25) is 0 Å². The third kappa shape index (κ3) is 4.07. The van der Waals surface area contributed by atoms with Crippen molar-refractivity contribution in [1.29, 1.82) is 0 Å². The van der Waals surface area contributed by atoms with Crippen molar-refractivity contribution >= 4 is 80.0 Å². The first-order valence-corrected chi connectivity index (χ1v) is 17.4. The Morgan fingerprint density at radius 1 is 0.440 bits per heavy atom. The van der Waals surface area contributed by atoms with E-state index in [4.69, 9.17) is 0 Å². The summed E-state index contributed by atoms with van der Waals surface area (Å²) in [7, 11) is 0. The molecule has 0 unspecified atom stereocenters. The lowest BCUT2D eigenvalue weighted by Gasteiger charge is -2.47. The van der Waals surface area contributed by atoms with Crippen molar-refractivity contribution in [3.8, 4) is 0 Å². The van der Waals surface area contributed by atoms with Gasteiger partial charge in [0, 0.05) is 45.5 Å². The number of nitrogens with zero attached hydrogens (tertiary/aromatic N) is 4. The van der Waals surface area contributed by atoms with Crippen LogP contribution in [0, 0.1) is 0 Å². The molecule has 238 valence electrons. The Labute approximate surface area is 294 Å². The summed E-state index contributed by atoms with van der Waals surface area (Å²) in [5.74, 6) is 0. The van der Waals surface area contributed by atoms with E-state index in [-0.39, 0.29) is 6.71 Å². The van der Waals surface area contributed by atoms with Gasteiger partial charge >= 0.3 is 0 Å². The minimum Gasteiger partial charge on any atom is -0.317 e. The van der Waals surface area contributed by atoms with Crippen molar-refractivity contribution in [3.05, 3.63) is 176 Å². The van der Waals surface area contributed by atoms with E-state index in [0.29, 0.717) is 0 Å². The van der Waals surface area contributed by atoms with Crippen molar-refractivity contribution in [2.75, 3.05) is 19.6 Å². The first-order chi connectivity index (χ1) is 24.6. The second-order valence-electron chi connectivity index (χ2n) is 13.8. The van der Waals surface area contributed by atoms with Gasteiger partial charge in [-0.1, -0.05) is 97.1 Å². The molecule has 0 atom stereocenters. The normalized spacial score (nSPS) is 14.6. The first-order valence-electron chi connectivity index (χ1n) is 17.4. The molecule has 0 aliphatic carbocycles. The lowest BCUT2D eigenvalue weighted by molar-refractivity contribution is 0.541. The summed E-state index contributed by atoms with van der Waals surface area (Å²) in [6.07, 6.45) is 0. The first kappa shape index (κ1) is 28.8. The van der Waals surface area contributed by atoms with E-state index in [2.05, 4.69) is 209 Å². The van der Waals surface area contributed by atoms with Crippen LogP contribution in [0.1, 0.15) is 13.8 Å². The average molecular weight is 643 g/mol. The summed E-state index contributed by atoms with van der Waals surface area (Å²) in [5, 5.41) is 0. The molecule has 7 aromatic carbocycles. The van der Waals surface area contributed by atoms with E-state index < -0.39 is 5.66 Å². The Bertz CT molecular complexity index is 2340. The third-order valence-corrected chi connectivity index (χ3v) is 10.6. The van der Waals surface area contributed by atoms with Crippen LogP contribution in [0.2, 0.25) is 0 Å². The predicted molar refractivity (Wildman–Crippen MR) is 212 cm³/mol. The fourth-order valence-electron chi connectivity index (χ4n) is 8.73. The monoisotopic (exact) mass is 642 g/mol. The van der Waals surface area contributed by atoms with Crippen molar-refractivity contribution in [2.24, 2.45) is 0 Å². The fourth-order valence-corrected chi connectivity index (χ4v) is 8.73. The molecule has 4 nitrogen and oxygen atoms in total. The average Bonchev–Trinajstić information content (AvgIpc) is 3.41. The molecule has 10 rings (SSSR count). The van der Waals surface area contributed by atoms with Gasteiger partial charge in [-0.2, -0.15) is 0 Å². The molecule has 0 saturated heterocycles. The summed E-state index contributed by atoms with van der Waals surface area (Å²) < 4.78 is 0. The van der Waals surface area contributed by atoms with E-state index >= 15 is 0 Å². The highest BCUT2D eigenvalue weighted by molar-refractivity contribution is 7.00. The molecule has 0 radical (unpaired) electrons. The minimum absolute atomic E-state index is 0.0437. The lowest BCUT2D eigenvalue weighted by Crippen LogP contribution is -2.63. The molecule has 0 saturated carbocycles. The molecule has 5 heteroatoms. The zero-order valence-corrected chi connectivity index (χ0v) is 28.1. The van der Waals surface area contributed by atoms with Gasteiger partial charge in [-0.15, -0.1) is 0 Å². The number of para-hydroxylation sites is 5. The maximum atomic E-state index is 2.61. The zero-order chi connectivity index (χ0) is 33.4. The Balaban J connectivity index is 1.31. The summed E-state index contributed by atoms with van der Waals surface area (Å²) >= 11 is 0. The van der Waals surface area contributed by atoms with Gasteiger partial charge in [-0.3, -0.25) is 0 Å². The van der Waals surface area contributed by atoms with Gasteiger partial charge in [0.25, 0.3) is 6.71 Å². The van der Waals surface area contributed by atoms with Crippen LogP contribution in [0.25, 0.3) is 0 Å². The minimum atomic E-state index is -0.407. The second kappa shape index (κ2) is 10.9. The number of hydrogen-bond acceptors (Lipinski definition) is 4. The maximum absolute atomic E-state index is 2.61. The Morgan fingerprint density at radius 2 is 0.980 bits per heavy atom.